The van der Waals surface area contributed by atoms with Crippen LogP contribution in [0, 0.1) is 13.8 Å². The zero-order chi connectivity index (χ0) is 27.5. The molecule has 0 atom stereocenters. The number of benzene rings is 1. The Morgan fingerprint density at radius 3 is 2.60 bits per heavy atom. The van der Waals surface area contributed by atoms with Crippen molar-refractivity contribution in [3.05, 3.63) is 126 Å². The number of hydrogen-bond acceptors (Lipinski definition) is 5. The van der Waals surface area contributed by atoms with Gasteiger partial charge in [0.1, 0.15) is 0 Å². The number of nitrogens with zero attached hydrogens (tertiary/aromatic N) is 5. The van der Waals surface area contributed by atoms with Crippen LogP contribution < -0.4 is 5.32 Å². The molecule has 5 aromatic heterocycles. The number of hydrogen-bond donors (Lipinski definition) is 3. The Morgan fingerprint density at radius 2 is 1.80 bits per heavy atom. The van der Waals surface area contributed by atoms with Crippen LogP contribution in [0.2, 0.25) is 0 Å². The van der Waals surface area contributed by atoms with E-state index in [4.69, 9.17) is 0 Å². The highest BCUT2D eigenvalue weighted by molar-refractivity contribution is 5.93. The summed E-state index contributed by atoms with van der Waals surface area (Å²) >= 11 is 0. The molecule has 0 saturated heterocycles. The smallest absolute Gasteiger partial charge is 0.181 e. The molecule has 198 valence electrons. The molecule has 0 amide bonds. The van der Waals surface area contributed by atoms with Gasteiger partial charge in [-0.1, -0.05) is 43.0 Å². The zero-order valence-corrected chi connectivity index (χ0v) is 22.5. The van der Waals surface area contributed by atoms with Gasteiger partial charge in [0.2, 0.25) is 0 Å². The molecule has 0 bridgehead atoms. The van der Waals surface area contributed by atoms with Crippen LogP contribution in [0.4, 0.5) is 0 Å². The van der Waals surface area contributed by atoms with E-state index in [1.807, 2.05) is 54.7 Å². The first-order valence-corrected chi connectivity index (χ1v) is 13.2. The van der Waals surface area contributed by atoms with Gasteiger partial charge in [0, 0.05) is 65.6 Å². The largest absolute Gasteiger partial charge is 0.357 e. The number of rotatable bonds is 9. The first-order valence-electron chi connectivity index (χ1n) is 13.2. The molecule has 3 N–H and O–H groups in total. The molecule has 1 aromatic carbocycles. The molecule has 6 rings (SSSR count). The summed E-state index contributed by atoms with van der Waals surface area (Å²) in [6, 6.07) is 16.8. The number of nitrogens with one attached hydrogen (secondary N) is 3. The molecular weight excluding hydrogens is 496 g/mol. The fraction of sp³-hybridized carbons (Fsp3) is 0.125. The van der Waals surface area contributed by atoms with Gasteiger partial charge in [0.25, 0.3) is 0 Å². The topological polar surface area (TPSA) is 100 Å². The van der Waals surface area contributed by atoms with E-state index in [2.05, 4.69) is 91.4 Å². The summed E-state index contributed by atoms with van der Waals surface area (Å²) < 4.78 is 2.01. The molecule has 0 spiro atoms. The maximum atomic E-state index is 4.64. The van der Waals surface area contributed by atoms with Crippen LogP contribution in [0.1, 0.15) is 28.1 Å². The predicted molar refractivity (Wildman–Crippen MR) is 159 cm³/mol. The van der Waals surface area contributed by atoms with E-state index in [1.54, 1.807) is 6.08 Å². The van der Waals surface area contributed by atoms with Gasteiger partial charge in [0.05, 0.1) is 29.1 Å². The van der Waals surface area contributed by atoms with Crippen molar-refractivity contribution in [3.8, 4) is 22.5 Å². The van der Waals surface area contributed by atoms with Gasteiger partial charge >= 0.3 is 0 Å². The second-order valence-corrected chi connectivity index (χ2v) is 9.80. The minimum atomic E-state index is 0.660. The van der Waals surface area contributed by atoms with Crippen LogP contribution in [0.5, 0.6) is 0 Å². The van der Waals surface area contributed by atoms with Gasteiger partial charge in [0.15, 0.2) is 5.65 Å². The van der Waals surface area contributed by atoms with E-state index in [0.717, 1.165) is 69.2 Å². The molecule has 8 nitrogen and oxygen atoms in total. The number of aromatic nitrogens is 7. The van der Waals surface area contributed by atoms with Crippen LogP contribution in [-0.2, 0) is 13.1 Å². The zero-order valence-electron chi connectivity index (χ0n) is 22.5. The number of allylic oxidation sites excluding steroid dienone is 2. The Bertz CT molecular complexity index is 1820. The lowest BCUT2D eigenvalue weighted by atomic mass is 10.1. The van der Waals surface area contributed by atoms with E-state index in [9.17, 15) is 0 Å². The summed E-state index contributed by atoms with van der Waals surface area (Å²) in [5.74, 6) is 0. The SMILES string of the molecule is C=C/C=C(\c1cc(-c2[nH]nc3ncc(-c4cncc(CNCc5ccccc5)c4)cc23)[nH]c1C)n1cnc(C)c1. The van der Waals surface area contributed by atoms with E-state index in [-0.39, 0.29) is 0 Å². The second kappa shape index (κ2) is 11.0. The standard InChI is InChI=1S/C32H30N8/c1-4-8-30(40-19-21(2)36-20-40)27-13-29(37-22(27)3)31-28-12-26(18-35-32(28)39-38-31)25-11-24(16-34-17-25)15-33-14-23-9-6-5-7-10-23/h4-13,16-20,33,37H,1,14-15H2,2-3H3,(H,35,38,39)/b30-8+. The van der Waals surface area contributed by atoms with E-state index in [1.165, 1.54) is 5.56 Å². The van der Waals surface area contributed by atoms with E-state index in [0.29, 0.717) is 5.65 Å². The van der Waals surface area contributed by atoms with Crippen LogP contribution in [0.3, 0.4) is 0 Å². The molecule has 5 heterocycles. The second-order valence-electron chi connectivity index (χ2n) is 9.80. The van der Waals surface area contributed by atoms with Crippen molar-refractivity contribution in [1.29, 1.82) is 0 Å². The molecule has 0 aliphatic rings. The van der Waals surface area contributed by atoms with Gasteiger partial charge in [-0.2, -0.15) is 5.10 Å². The Kier molecular flexibility index (Phi) is 6.91. The lowest BCUT2D eigenvalue weighted by Gasteiger charge is -2.07. The normalized spacial score (nSPS) is 11.8. The lowest BCUT2D eigenvalue weighted by molar-refractivity contribution is 0.691. The van der Waals surface area contributed by atoms with Crippen molar-refractivity contribution < 1.29 is 0 Å². The van der Waals surface area contributed by atoms with Crippen molar-refractivity contribution in [1.82, 2.24) is 40.0 Å². The molecule has 0 saturated carbocycles. The van der Waals surface area contributed by atoms with Crippen molar-refractivity contribution in [3.63, 3.8) is 0 Å². The van der Waals surface area contributed by atoms with Gasteiger partial charge in [-0.3, -0.25) is 10.1 Å². The van der Waals surface area contributed by atoms with Gasteiger partial charge in [-0.05, 0) is 49.2 Å². The van der Waals surface area contributed by atoms with Crippen molar-refractivity contribution in [2.45, 2.75) is 26.9 Å². The summed E-state index contributed by atoms with van der Waals surface area (Å²) in [5, 5.41) is 12.1. The van der Waals surface area contributed by atoms with Crippen molar-refractivity contribution in [2.24, 2.45) is 0 Å². The van der Waals surface area contributed by atoms with Crippen LogP contribution in [-0.4, -0.2) is 34.7 Å². The maximum Gasteiger partial charge on any atom is 0.181 e. The molecule has 0 radical (unpaired) electrons. The first kappa shape index (κ1) is 25.2. The van der Waals surface area contributed by atoms with Gasteiger partial charge in [-0.15, -0.1) is 0 Å². The highest BCUT2D eigenvalue weighted by Crippen LogP contribution is 2.32. The minimum Gasteiger partial charge on any atom is -0.357 e. The molecule has 40 heavy (non-hydrogen) atoms. The molecule has 0 unspecified atom stereocenters. The summed E-state index contributed by atoms with van der Waals surface area (Å²) in [7, 11) is 0. The fourth-order valence-corrected chi connectivity index (χ4v) is 4.89. The number of fused-ring (bicyclic) bond motifs is 1. The van der Waals surface area contributed by atoms with Crippen LogP contribution in [0.15, 0.2) is 98.4 Å². The number of pyridine rings is 2. The fourth-order valence-electron chi connectivity index (χ4n) is 4.89. The number of imidazole rings is 1. The Hall–Kier alpha value is -5.08. The monoisotopic (exact) mass is 526 g/mol. The van der Waals surface area contributed by atoms with Gasteiger partial charge < -0.3 is 14.9 Å². The molecular formula is C32H30N8. The van der Waals surface area contributed by atoms with E-state index >= 15 is 0 Å². The number of H-pyrrole nitrogens is 2. The van der Waals surface area contributed by atoms with Crippen molar-refractivity contribution >= 4 is 16.7 Å². The summed E-state index contributed by atoms with van der Waals surface area (Å²) in [5.41, 5.74) is 10.9. The molecule has 0 aliphatic carbocycles. The summed E-state index contributed by atoms with van der Waals surface area (Å²) in [6.07, 6.45) is 13.2. The van der Waals surface area contributed by atoms with Crippen LogP contribution in [0.25, 0.3) is 39.2 Å². The third-order valence-corrected chi connectivity index (χ3v) is 6.86. The minimum absolute atomic E-state index is 0.660. The molecule has 0 aliphatic heterocycles. The average Bonchev–Trinajstić information content (AvgIpc) is 3.70. The maximum absolute atomic E-state index is 4.64. The third kappa shape index (κ3) is 5.12. The lowest BCUT2D eigenvalue weighted by Crippen LogP contribution is -2.12. The molecule has 0 fully saturated rings. The quantitative estimate of drug-likeness (QED) is 0.195. The van der Waals surface area contributed by atoms with E-state index < -0.39 is 0 Å². The average molecular weight is 527 g/mol. The summed E-state index contributed by atoms with van der Waals surface area (Å²) in [6.45, 7) is 9.47. The third-order valence-electron chi connectivity index (χ3n) is 6.86. The Labute approximate surface area is 232 Å². The number of aryl methyl sites for hydroxylation is 2. The first-order chi connectivity index (χ1) is 19.6. The molecule has 8 heteroatoms. The highest BCUT2D eigenvalue weighted by atomic mass is 15.2. The number of aromatic amines is 2. The molecule has 6 aromatic rings. The Balaban J connectivity index is 1.29. The highest BCUT2D eigenvalue weighted by Gasteiger charge is 2.17. The summed E-state index contributed by atoms with van der Waals surface area (Å²) in [4.78, 5) is 17.1. The van der Waals surface area contributed by atoms with Gasteiger partial charge in [-0.25, -0.2) is 9.97 Å². The Morgan fingerprint density at radius 1 is 0.975 bits per heavy atom. The van der Waals surface area contributed by atoms with Crippen molar-refractivity contribution in [2.75, 3.05) is 0 Å². The predicted octanol–water partition coefficient (Wildman–Crippen LogP) is 6.19. The van der Waals surface area contributed by atoms with Crippen LogP contribution >= 0.6 is 0 Å².